The summed E-state index contributed by atoms with van der Waals surface area (Å²) in [5.41, 5.74) is 1.50. The molecule has 0 bridgehead atoms. The maximum atomic E-state index is 12.5. The number of hydrogen-bond acceptors (Lipinski definition) is 2. The zero-order valence-electron chi connectivity index (χ0n) is 11.4. The lowest BCUT2D eigenvalue weighted by atomic mass is 10.2. The lowest BCUT2D eigenvalue weighted by molar-refractivity contribution is 0.0737. The quantitative estimate of drug-likeness (QED) is 0.839. The van der Waals surface area contributed by atoms with Crippen molar-refractivity contribution in [1.82, 2.24) is 9.88 Å². The van der Waals surface area contributed by atoms with E-state index in [1.165, 1.54) is 0 Å². The lowest BCUT2D eigenvalue weighted by Gasteiger charge is -2.22. The monoisotopic (exact) mass is 288 g/mol. The molecule has 0 saturated heterocycles. The number of benzene rings is 1. The summed E-state index contributed by atoms with van der Waals surface area (Å²) in [6.45, 7) is 3.33. The number of aromatic nitrogens is 1. The average molecular weight is 289 g/mol. The summed E-state index contributed by atoms with van der Waals surface area (Å²) in [5.74, 6) is -0.0850. The maximum absolute atomic E-state index is 12.5. The average Bonchev–Trinajstić information content (AvgIpc) is 2.47. The van der Waals surface area contributed by atoms with E-state index >= 15 is 0 Å². The molecule has 0 radical (unpaired) electrons. The third-order valence-electron chi connectivity index (χ3n) is 2.94. The SMILES string of the molecule is CCCN(Cc1ccccc1)C(=O)c1cc(Cl)ccn1. The van der Waals surface area contributed by atoms with Gasteiger partial charge in [0.2, 0.25) is 0 Å². The molecule has 0 atom stereocenters. The zero-order valence-corrected chi connectivity index (χ0v) is 12.2. The van der Waals surface area contributed by atoms with Gasteiger partial charge in [-0.3, -0.25) is 9.78 Å². The van der Waals surface area contributed by atoms with Crippen LogP contribution in [0.5, 0.6) is 0 Å². The minimum Gasteiger partial charge on any atom is -0.333 e. The first-order valence-corrected chi connectivity index (χ1v) is 7.03. The van der Waals surface area contributed by atoms with Crippen molar-refractivity contribution in [2.45, 2.75) is 19.9 Å². The van der Waals surface area contributed by atoms with Crippen LogP contribution in [0.4, 0.5) is 0 Å². The fraction of sp³-hybridized carbons (Fsp3) is 0.250. The molecule has 0 fully saturated rings. The first kappa shape index (κ1) is 14.5. The Morgan fingerprint density at radius 1 is 1.25 bits per heavy atom. The number of carbonyl (C=O) groups excluding carboxylic acids is 1. The van der Waals surface area contributed by atoms with Crippen LogP contribution in [0.1, 0.15) is 29.4 Å². The predicted molar refractivity (Wildman–Crippen MR) is 80.7 cm³/mol. The highest BCUT2D eigenvalue weighted by molar-refractivity contribution is 6.30. The summed E-state index contributed by atoms with van der Waals surface area (Å²) in [5, 5.41) is 0.527. The number of pyridine rings is 1. The highest BCUT2D eigenvalue weighted by Gasteiger charge is 2.16. The maximum Gasteiger partial charge on any atom is 0.272 e. The number of amides is 1. The van der Waals surface area contributed by atoms with Crippen LogP contribution in [0.2, 0.25) is 5.02 Å². The zero-order chi connectivity index (χ0) is 14.4. The minimum atomic E-state index is -0.0850. The van der Waals surface area contributed by atoms with Gasteiger partial charge >= 0.3 is 0 Å². The van der Waals surface area contributed by atoms with Crippen molar-refractivity contribution in [1.29, 1.82) is 0 Å². The molecule has 0 aliphatic heterocycles. The second-order valence-corrected chi connectivity index (χ2v) is 5.01. The second-order valence-electron chi connectivity index (χ2n) is 4.57. The van der Waals surface area contributed by atoms with E-state index < -0.39 is 0 Å². The number of halogens is 1. The van der Waals surface area contributed by atoms with Crippen LogP contribution in [-0.2, 0) is 6.54 Å². The molecule has 20 heavy (non-hydrogen) atoms. The van der Waals surface area contributed by atoms with E-state index in [9.17, 15) is 4.79 Å². The van der Waals surface area contributed by atoms with E-state index in [4.69, 9.17) is 11.6 Å². The minimum absolute atomic E-state index is 0.0850. The van der Waals surface area contributed by atoms with Gasteiger partial charge < -0.3 is 4.90 Å². The predicted octanol–water partition coefficient (Wildman–Crippen LogP) is 3.79. The Morgan fingerprint density at radius 3 is 2.65 bits per heavy atom. The van der Waals surface area contributed by atoms with Crippen LogP contribution in [0.3, 0.4) is 0 Å². The van der Waals surface area contributed by atoms with Gasteiger partial charge in [0.1, 0.15) is 5.69 Å². The van der Waals surface area contributed by atoms with Crippen molar-refractivity contribution >= 4 is 17.5 Å². The van der Waals surface area contributed by atoms with Gasteiger partial charge in [-0.15, -0.1) is 0 Å². The normalized spacial score (nSPS) is 10.3. The molecule has 0 N–H and O–H groups in total. The highest BCUT2D eigenvalue weighted by atomic mass is 35.5. The van der Waals surface area contributed by atoms with Crippen molar-refractivity contribution in [2.75, 3.05) is 6.54 Å². The van der Waals surface area contributed by atoms with E-state index in [2.05, 4.69) is 11.9 Å². The van der Waals surface area contributed by atoms with Crippen LogP contribution in [-0.4, -0.2) is 22.3 Å². The van der Waals surface area contributed by atoms with E-state index in [-0.39, 0.29) is 5.91 Å². The number of carbonyl (C=O) groups is 1. The molecular formula is C16H17ClN2O. The molecule has 2 rings (SSSR count). The van der Waals surface area contributed by atoms with Crippen LogP contribution < -0.4 is 0 Å². The molecule has 0 unspecified atom stereocenters. The van der Waals surface area contributed by atoms with E-state index in [1.54, 1.807) is 23.2 Å². The number of hydrogen-bond donors (Lipinski definition) is 0. The molecule has 0 aliphatic rings. The molecule has 0 saturated carbocycles. The Hall–Kier alpha value is -1.87. The first-order chi connectivity index (χ1) is 9.70. The summed E-state index contributed by atoms with van der Waals surface area (Å²) >= 11 is 5.92. The molecule has 4 heteroatoms. The third-order valence-corrected chi connectivity index (χ3v) is 3.17. The molecule has 1 heterocycles. The largest absolute Gasteiger partial charge is 0.333 e. The van der Waals surface area contributed by atoms with Gasteiger partial charge in [-0.05, 0) is 24.1 Å². The number of rotatable bonds is 5. The molecule has 0 spiro atoms. The van der Waals surface area contributed by atoms with Crippen LogP contribution in [0.25, 0.3) is 0 Å². The van der Waals surface area contributed by atoms with E-state index in [0.717, 1.165) is 12.0 Å². The van der Waals surface area contributed by atoms with Crippen molar-refractivity contribution < 1.29 is 4.79 Å². The highest BCUT2D eigenvalue weighted by Crippen LogP contribution is 2.13. The Morgan fingerprint density at radius 2 is 2.00 bits per heavy atom. The molecule has 1 aromatic carbocycles. The first-order valence-electron chi connectivity index (χ1n) is 6.65. The van der Waals surface area contributed by atoms with Gasteiger partial charge in [0.15, 0.2) is 0 Å². The van der Waals surface area contributed by atoms with Gasteiger partial charge in [0.25, 0.3) is 5.91 Å². The molecule has 0 aliphatic carbocycles. The van der Waals surface area contributed by atoms with Crippen LogP contribution >= 0.6 is 11.6 Å². The standard InChI is InChI=1S/C16H17ClN2O/c1-2-10-19(12-13-6-4-3-5-7-13)16(20)15-11-14(17)8-9-18-15/h3-9,11H,2,10,12H2,1H3. The number of nitrogens with zero attached hydrogens (tertiary/aromatic N) is 2. The molecular weight excluding hydrogens is 272 g/mol. The Bertz CT molecular complexity index is 572. The Labute approximate surface area is 124 Å². The summed E-state index contributed by atoms with van der Waals surface area (Å²) in [7, 11) is 0. The fourth-order valence-corrected chi connectivity index (χ4v) is 2.17. The van der Waals surface area contributed by atoms with Gasteiger partial charge in [0, 0.05) is 24.3 Å². The summed E-state index contributed by atoms with van der Waals surface area (Å²) in [4.78, 5) is 18.4. The lowest BCUT2D eigenvalue weighted by Crippen LogP contribution is -2.31. The second kappa shape index (κ2) is 7.06. The molecule has 1 amide bonds. The Kier molecular flexibility index (Phi) is 5.13. The van der Waals surface area contributed by atoms with Gasteiger partial charge in [-0.2, -0.15) is 0 Å². The molecule has 104 valence electrons. The van der Waals surface area contributed by atoms with Crippen molar-refractivity contribution in [3.63, 3.8) is 0 Å². The molecule has 1 aromatic heterocycles. The third kappa shape index (κ3) is 3.81. The topological polar surface area (TPSA) is 33.2 Å². The van der Waals surface area contributed by atoms with Gasteiger partial charge in [0.05, 0.1) is 0 Å². The van der Waals surface area contributed by atoms with Crippen molar-refractivity contribution in [2.24, 2.45) is 0 Å². The summed E-state index contributed by atoms with van der Waals surface area (Å²) in [6, 6.07) is 13.2. The van der Waals surface area contributed by atoms with E-state index in [1.807, 2.05) is 30.3 Å². The Balaban J connectivity index is 2.18. The molecule has 3 nitrogen and oxygen atoms in total. The van der Waals surface area contributed by atoms with Gasteiger partial charge in [-0.1, -0.05) is 48.9 Å². The fourth-order valence-electron chi connectivity index (χ4n) is 2.01. The van der Waals surface area contributed by atoms with E-state index in [0.29, 0.717) is 23.8 Å². The molecule has 2 aromatic rings. The smallest absolute Gasteiger partial charge is 0.272 e. The van der Waals surface area contributed by atoms with Crippen molar-refractivity contribution in [3.8, 4) is 0 Å². The van der Waals surface area contributed by atoms with Gasteiger partial charge in [-0.25, -0.2) is 0 Å². The summed E-state index contributed by atoms with van der Waals surface area (Å²) in [6.07, 6.45) is 2.46. The van der Waals surface area contributed by atoms with Crippen molar-refractivity contribution in [3.05, 3.63) is 64.9 Å². The summed E-state index contributed by atoms with van der Waals surface area (Å²) < 4.78 is 0. The van der Waals surface area contributed by atoms with Crippen LogP contribution in [0, 0.1) is 0 Å². The van der Waals surface area contributed by atoms with Crippen LogP contribution in [0.15, 0.2) is 48.7 Å².